The fraction of sp³-hybridized carbons (Fsp3) is 0.348. The van der Waals surface area contributed by atoms with Crippen LogP contribution in [0.15, 0.2) is 53.2 Å². The van der Waals surface area contributed by atoms with Crippen LogP contribution >= 0.6 is 0 Å². The molecule has 1 saturated carbocycles. The minimum Gasteiger partial charge on any atom is -0.424 e. The summed E-state index contributed by atoms with van der Waals surface area (Å²) in [5, 5.41) is 11.9. The maximum atomic E-state index is 13.8. The molecule has 4 atom stereocenters. The van der Waals surface area contributed by atoms with Crippen molar-refractivity contribution in [3.05, 3.63) is 60.2 Å². The van der Waals surface area contributed by atoms with E-state index in [4.69, 9.17) is 4.42 Å². The zero-order valence-electron chi connectivity index (χ0n) is 17.8. The van der Waals surface area contributed by atoms with Gasteiger partial charge in [-0.05, 0) is 56.9 Å². The molecule has 4 heterocycles. The Labute approximate surface area is 184 Å². The molecule has 1 aliphatic heterocycles. The molecule has 0 radical (unpaired) electrons. The van der Waals surface area contributed by atoms with Gasteiger partial charge in [0.2, 0.25) is 0 Å². The van der Waals surface area contributed by atoms with Crippen molar-refractivity contribution in [2.45, 2.75) is 44.8 Å². The zero-order valence-corrected chi connectivity index (χ0v) is 17.8. The van der Waals surface area contributed by atoms with Gasteiger partial charge in [0.1, 0.15) is 11.2 Å². The second kappa shape index (κ2) is 7.15. The quantitative estimate of drug-likeness (QED) is 0.531. The number of hydrogen-bond donors (Lipinski definition) is 1. The van der Waals surface area contributed by atoms with Crippen molar-refractivity contribution >= 4 is 23.0 Å². The number of likely N-dealkylation sites (tertiary alicyclic amines) is 1. The molecule has 0 unspecified atom stereocenters. The Hall–Kier alpha value is -3.75. The molecule has 9 heteroatoms. The largest absolute Gasteiger partial charge is 0.424 e. The van der Waals surface area contributed by atoms with Crippen LogP contribution in [0.4, 0.5) is 6.01 Å². The predicted molar refractivity (Wildman–Crippen MR) is 117 cm³/mol. The van der Waals surface area contributed by atoms with E-state index in [1.165, 1.54) is 4.80 Å². The van der Waals surface area contributed by atoms with Crippen LogP contribution in [-0.2, 0) is 0 Å². The molecule has 1 saturated heterocycles. The summed E-state index contributed by atoms with van der Waals surface area (Å²) >= 11 is 0. The van der Waals surface area contributed by atoms with Gasteiger partial charge in [0.05, 0.1) is 24.5 Å². The molecule has 9 nitrogen and oxygen atoms in total. The molecule has 1 amide bonds. The van der Waals surface area contributed by atoms with Crippen LogP contribution in [0.25, 0.3) is 16.8 Å². The van der Waals surface area contributed by atoms with Crippen LogP contribution in [0.3, 0.4) is 0 Å². The fourth-order valence-electron chi connectivity index (χ4n) is 5.20. The van der Waals surface area contributed by atoms with Crippen LogP contribution in [0.1, 0.15) is 35.9 Å². The van der Waals surface area contributed by atoms with Crippen LogP contribution in [0, 0.1) is 12.8 Å². The van der Waals surface area contributed by atoms with E-state index in [2.05, 4.69) is 32.4 Å². The lowest BCUT2D eigenvalue weighted by atomic mass is 9.97. The number of rotatable bonds is 4. The second-order valence-electron chi connectivity index (χ2n) is 8.63. The number of piperidine rings is 1. The van der Waals surface area contributed by atoms with Crippen molar-refractivity contribution in [1.29, 1.82) is 0 Å². The van der Waals surface area contributed by atoms with Gasteiger partial charge in [-0.1, -0.05) is 12.1 Å². The van der Waals surface area contributed by atoms with E-state index in [0.717, 1.165) is 29.6 Å². The molecule has 2 aliphatic rings. The number of aromatic nitrogens is 5. The number of oxazole rings is 1. The number of amides is 1. The Kier molecular flexibility index (Phi) is 4.24. The second-order valence-corrected chi connectivity index (χ2v) is 8.63. The Morgan fingerprint density at radius 2 is 1.91 bits per heavy atom. The SMILES string of the molecule is Cc1ccc(-n2nccn2)c(C(=O)N2[C@H](C)[C@H]3C[C@@H](Nc4nc5ccccc5o4)[C@@H]2C3)n1. The van der Waals surface area contributed by atoms with E-state index in [-0.39, 0.29) is 24.0 Å². The van der Waals surface area contributed by atoms with E-state index < -0.39 is 0 Å². The zero-order chi connectivity index (χ0) is 21.8. The number of benzene rings is 1. The first kappa shape index (κ1) is 19.0. The first-order valence-electron chi connectivity index (χ1n) is 10.9. The number of pyridine rings is 1. The van der Waals surface area contributed by atoms with E-state index in [1.807, 2.05) is 48.2 Å². The molecule has 2 fully saturated rings. The summed E-state index contributed by atoms with van der Waals surface area (Å²) in [6.45, 7) is 4.01. The topological polar surface area (TPSA) is 102 Å². The van der Waals surface area contributed by atoms with Gasteiger partial charge in [-0.25, -0.2) is 4.98 Å². The molecular formula is C23H23N7O2. The Morgan fingerprint density at radius 3 is 2.69 bits per heavy atom. The van der Waals surface area contributed by atoms with E-state index in [1.54, 1.807) is 12.4 Å². The van der Waals surface area contributed by atoms with Gasteiger partial charge in [0, 0.05) is 11.7 Å². The number of nitrogens with one attached hydrogen (secondary N) is 1. The predicted octanol–water partition coefficient (Wildman–Crippen LogP) is 3.22. The maximum absolute atomic E-state index is 13.8. The van der Waals surface area contributed by atoms with Crippen molar-refractivity contribution < 1.29 is 9.21 Å². The lowest BCUT2D eigenvalue weighted by molar-refractivity contribution is 0.0590. The summed E-state index contributed by atoms with van der Waals surface area (Å²) in [6.07, 6.45) is 5.11. The molecule has 1 N–H and O–H groups in total. The molecule has 2 bridgehead atoms. The number of para-hydroxylation sites is 2. The Bertz CT molecular complexity index is 1270. The highest BCUT2D eigenvalue weighted by molar-refractivity contribution is 5.96. The van der Waals surface area contributed by atoms with Crippen molar-refractivity contribution in [1.82, 2.24) is 29.9 Å². The van der Waals surface area contributed by atoms with Gasteiger partial charge in [0.15, 0.2) is 11.3 Å². The van der Waals surface area contributed by atoms with Gasteiger partial charge < -0.3 is 14.6 Å². The normalized spacial score (nSPS) is 24.4. The number of carbonyl (C=O) groups is 1. The number of carbonyl (C=O) groups excluding carboxylic acids is 1. The highest BCUT2D eigenvalue weighted by Crippen LogP contribution is 2.44. The smallest absolute Gasteiger partial charge is 0.295 e. The minimum absolute atomic E-state index is 0.0401. The molecule has 6 rings (SSSR count). The lowest BCUT2D eigenvalue weighted by Gasteiger charge is -2.38. The molecular weight excluding hydrogens is 406 g/mol. The molecule has 0 spiro atoms. The van der Waals surface area contributed by atoms with Crippen molar-refractivity contribution in [3.8, 4) is 5.69 Å². The van der Waals surface area contributed by atoms with Crippen LogP contribution in [-0.4, -0.2) is 53.9 Å². The summed E-state index contributed by atoms with van der Waals surface area (Å²) < 4.78 is 5.87. The van der Waals surface area contributed by atoms with Gasteiger partial charge in [-0.15, -0.1) is 4.80 Å². The third-order valence-corrected chi connectivity index (χ3v) is 6.73. The van der Waals surface area contributed by atoms with Crippen molar-refractivity contribution in [2.24, 2.45) is 5.92 Å². The summed E-state index contributed by atoms with van der Waals surface area (Å²) in [7, 11) is 0. The summed E-state index contributed by atoms with van der Waals surface area (Å²) in [6, 6.07) is 12.2. The van der Waals surface area contributed by atoms with Crippen molar-refractivity contribution in [3.63, 3.8) is 0 Å². The molecule has 1 aromatic carbocycles. The number of hydrogen-bond acceptors (Lipinski definition) is 7. The van der Waals surface area contributed by atoms with Crippen molar-refractivity contribution in [2.75, 3.05) is 5.32 Å². The van der Waals surface area contributed by atoms with Crippen LogP contribution in [0.5, 0.6) is 0 Å². The molecule has 162 valence electrons. The van der Waals surface area contributed by atoms with Gasteiger partial charge in [-0.3, -0.25) is 4.79 Å². The van der Waals surface area contributed by atoms with Crippen LogP contribution in [0.2, 0.25) is 0 Å². The average Bonchev–Trinajstić information content (AvgIpc) is 3.57. The molecule has 32 heavy (non-hydrogen) atoms. The number of nitrogens with zero attached hydrogens (tertiary/aromatic N) is 6. The third-order valence-electron chi connectivity index (χ3n) is 6.73. The average molecular weight is 429 g/mol. The summed E-state index contributed by atoms with van der Waals surface area (Å²) in [4.78, 5) is 26.3. The van der Waals surface area contributed by atoms with Gasteiger partial charge in [0.25, 0.3) is 11.9 Å². The van der Waals surface area contributed by atoms with Crippen LogP contribution < -0.4 is 5.32 Å². The van der Waals surface area contributed by atoms with E-state index >= 15 is 0 Å². The highest BCUT2D eigenvalue weighted by Gasteiger charge is 2.52. The summed E-state index contributed by atoms with van der Waals surface area (Å²) in [5.74, 6) is 0.326. The Balaban J connectivity index is 1.31. The third kappa shape index (κ3) is 2.96. The first-order chi connectivity index (χ1) is 15.6. The maximum Gasteiger partial charge on any atom is 0.295 e. The molecule has 1 aliphatic carbocycles. The highest BCUT2D eigenvalue weighted by atomic mass is 16.4. The minimum atomic E-state index is -0.0925. The first-order valence-corrected chi connectivity index (χ1v) is 10.9. The molecule has 4 aromatic rings. The monoisotopic (exact) mass is 429 g/mol. The lowest BCUT2D eigenvalue weighted by Crippen LogP contribution is -2.52. The Morgan fingerprint density at radius 1 is 1.09 bits per heavy atom. The fourth-order valence-corrected chi connectivity index (χ4v) is 5.20. The van der Waals surface area contributed by atoms with Gasteiger partial charge in [-0.2, -0.15) is 15.2 Å². The summed E-state index contributed by atoms with van der Waals surface area (Å²) in [5.41, 5.74) is 3.31. The molecule has 3 aromatic heterocycles. The van der Waals surface area contributed by atoms with E-state index in [9.17, 15) is 4.79 Å². The number of fused-ring (bicyclic) bond motifs is 3. The standard InChI is InChI=1S/C23H23N7O2/c1-13-7-8-18(30-24-9-10-25-30)21(26-13)22(31)29-14(2)15-11-17(19(29)12-15)28-23-27-16-5-3-4-6-20(16)32-23/h3-10,14-15,17,19H,11-12H2,1-2H3,(H,27,28)/t14-,15+,17-,19+/m1/s1. The van der Waals surface area contributed by atoms with Gasteiger partial charge >= 0.3 is 0 Å². The number of aryl methyl sites for hydroxylation is 1. The van der Waals surface area contributed by atoms with E-state index in [0.29, 0.717) is 23.3 Å². The number of anilines is 1.